The standard InChI is InChI=1S/C28H38FN3O3/c1-20(2)19-35-25-9-5-22(6-10-25)18-31-28(34)26(17-21-3-7-24(29)8-4-21)23-11-14-32(15-12-23)16-13-27(30)33/h3-10,20,23,26H,11-19H2,1-2H3,(H2,30,33)(H,31,34)/t26-/m1/s1. The van der Waals surface area contributed by atoms with Crippen LogP contribution in [0.2, 0.25) is 0 Å². The third kappa shape index (κ3) is 8.98. The van der Waals surface area contributed by atoms with Gasteiger partial charge in [-0.3, -0.25) is 9.59 Å². The zero-order valence-electron chi connectivity index (χ0n) is 20.8. The first kappa shape index (κ1) is 26.7. The number of halogens is 1. The van der Waals surface area contributed by atoms with Gasteiger partial charge in [-0.1, -0.05) is 38.1 Å². The molecule has 0 aromatic heterocycles. The summed E-state index contributed by atoms with van der Waals surface area (Å²) in [6.45, 7) is 7.66. The fraction of sp³-hybridized carbons (Fsp3) is 0.500. The average molecular weight is 484 g/mol. The molecule has 190 valence electrons. The van der Waals surface area contributed by atoms with Crippen LogP contribution in [-0.2, 0) is 22.6 Å². The van der Waals surface area contributed by atoms with Crippen molar-refractivity contribution in [2.24, 2.45) is 23.5 Å². The third-order valence-corrected chi connectivity index (χ3v) is 6.55. The molecule has 0 radical (unpaired) electrons. The summed E-state index contributed by atoms with van der Waals surface area (Å²) < 4.78 is 19.1. The highest BCUT2D eigenvalue weighted by molar-refractivity contribution is 5.79. The molecule has 1 atom stereocenters. The van der Waals surface area contributed by atoms with Crippen LogP contribution in [0.5, 0.6) is 5.75 Å². The summed E-state index contributed by atoms with van der Waals surface area (Å²) in [7, 11) is 0. The quantitative estimate of drug-likeness (QED) is 0.479. The van der Waals surface area contributed by atoms with E-state index < -0.39 is 0 Å². The van der Waals surface area contributed by atoms with Crippen LogP contribution in [0.4, 0.5) is 4.39 Å². The van der Waals surface area contributed by atoms with Crippen LogP contribution in [0.25, 0.3) is 0 Å². The predicted molar refractivity (Wildman–Crippen MR) is 135 cm³/mol. The largest absolute Gasteiger partial charge is 0.493 e. The predicted octanol–water partition coefficient (Wildman–Crippen LogP) is 3.92. The van der Waals surface area contributed by atoms with Crippen molar-refractivity contribution in [3.63, 3.8) is 0 Å². The van der Waals surface area contributed by atoms with Gasteiger partial charge in [0, 0.05) is 25.4 Å². The second-order valence-electron chi connectivity index (χ2n) is 9.90. The van der Waals surface area contributed by atoms with Crippen molar-refractivity contribution in [3.8, 4) is 5.75 Å². The van der Waals surface area contributed by atoms with Crippen LogP contribution in [0.3, 0.4) is 0 Å². The molecular weight excluding hydrogens is 445 g/mol. The number of likely N-dealkylation sites (tertiary alicyclic amines) is 1. The molecule has 2 aromatic rings. The minimum atomic E-state index is -0.291. The molecule has 3 N–H and O–H groups in total. The number of hydrogen-bond acceptors (Lipinski definition) is 4. The van der Waals surface area contributed by atoms with E-state index in [0.717, 1.165) is 42.8 Å². The van der Waals surface area contributed by atoms with E-state index in [2.05, 4.69) is 24.1 Å². The Morgan fingerprint density at radius 2 is 1.69 bits per heavy atom. The molecule has 0 spiro atoms. The number of carbonyl (C=O) groups excluding carboxylic acids is 2. The third-order valence-electron chi connectivity index (χ3n) is 6.55. The number of benzene rings is 2. The summed E-state index contributed by atoms with van der Waals surface area (Å²) in [5, 5.41) is 3.12. The molecule has 1 aliphatic rings. The molecule has 1 heterocycles. The maximum Gasteiger partial charge on any atom is 0.223 e. The van der Waals surface area contributed by atoms with Gasteiger partial charge in [0.25, 0.3) is 0 Å². The summed E-state index contributed by atoms with van der Waals surface area (Å²) >= 11 is 0. The van der Waals surface area contributed by atoms with Gasteiger partial charge in [-0.25, -0.2) is 4.39 Å². The number of hydrogen-bond donors (Lipinski definition) is 2. The summed E-state index contributed by atoms with van der Waals surface area (Å²) in [5.41, 5.74) is 7.25. The van der Waals surface area contributed by atoms with Gasteiger partial charge in [0.15, 0.2) is 0 Å². The first-order valence-corrected chi connectivity index (χ1v) is 12.5. The average Bonchev–Trinajstić information content (AvgIpc) is 2.85. The molecule has 1 aliphatic heterocycles. The Kier molecular flexibility index (Phi) is 10.1. The summed E-state index contributed by atoms with van der Waals surface area (Å²) in [5.74, 6) is 0.751. The van der Waals surface area contributed by atoms with E-state index in [-0.39, 0.29) is 29.5 Å². The Hall–Kier alpha value is -2.93. The van der Waals surface area contributed by atoms with Crippen molar-refractivity contribution >= 4 is 11.8 Å². The molecule has 6 nitrogen and oxygen atoms in total. The molecule has 1 saturated heterocycles. The van der Waals surface area contributed by atoms with Gasteiger partial charge < -0.3 is 20.7 Å². The zero-order valence-corrected chi connectivity index (χ0v) is 20.8. The molecule has 0 aliphatic carbocycles. The van der Waals surface area contributed by atoms with E-state index in [1.165, 1.54) is 12.1 Å². The van der Waals surface area contributed by atoms with Crippen LogP contribution in [0.1, 0.15) is 44.2 Å². The van der Waals surface area contributed by atoms with Crippen LogP contribution in [0, 0.1) is 23.6 Å². The van der Waals surface area contributed by atoms with Crippen molar-refractivity contribution in [3.05, 3.63) is 65.5 Å². The SMILES string of the molecule is CC(C)COc1ccc(CNC(=O)[C@H](Cc2ccc(F)cc2)C2CCN(CCC(N)=O)CC2)cc1. The van der Waals surface area contributed by atoms with Gasteiger partial charge in [-0.2, -0.15) is 0 Å². The molecule has 0 saturated carbocycles. The molecule has 0 bridgehead atoms. The van der Waals surface area contributed by atoms with E-state index >= 15 is 0 Å². The number of carbonyl (C=O) groups is 2. The van der Waals surface area contributed by atoms with Gasteiger partial charge in [-0.15, -0.1) is 0 Å². The van der Waals surface area contributed by atoms with Crippen LogP contribution < -0.4 is 15.8 Å². The monoisotopic (exact) mass is 483 g/mol. The second-order valence-corrected chi connectivity index (χ2v) is 9.90. The molecule has 0 unspecified atom stereocenters. The first-order valence-electron chi connectivity index (χ1n) is 12.5. The Bertz CT molecular complexity index is 939. The summed E-state index contributed by atoms with van der Waals surface area (Å²) in [6.07, 6.45) is 2.67. The Morgan fingerprint density at radius 1 is 1.06 bits per heavy atom. The number of nitrogens with two attached hydrogens (primary N) is 1. The first-order chi connectivity index (χ1) is 16.8. The van der Waals surface area contributed by atoms with E-state index in [1.807, 2.05) is 24.3 Å². The van der Waals surface area contributed by atoms with E-state index in [4.69, 9.17) is 10.5 Å². The fourth-order valence-electron chi connectivity index (χ4n) is 4.48. The van der Waals surface area contributed by atoms with Crippen molar-refractivity contribution in [1.29, 1.82) is 0 Å². The highest BCUT2D eigenvalue weighted by atomic mass is 19.1. The maximum absolute atomic E-state index is 13.4. The van der Waals surface area contributed by atoms with E-state index in [9.17, 15) is 14.0 Å². The lowest BCUT2D eigenvalue weighted by molar-refractivity contribution is -0.127. The number of primary amides is 1. The molecular formula is C28H38FN3O3. The number of nitrogens with zero attached hydrogens (tertiary/aromatic N) is 1. The molecule has 3 rings (SSSR count). The van der Waals surface area contributed by atoms with Gasteiger partial charge in [0.2, 0.25) is 11.8 Å². The highest BCUT2D eigenvalue weighted by Crippen LogP contribution is 2.29. The normalized spacial score (nSPS) is 15.7. The Labute approximate surface area is 208 Å². The maximum atomic E-state index is 13.4. The van der Waals surface area contributed by atoms with Crippen molar-refractivity contribution < 1.29 is 18.7 Å². The zero-order chi connectivity index (χ0) is 25.2. The topological polar surface area (TPSA) is 84.7 Å². The molecule has 7 heteroatoms. The number of amides is 2. The van der Waals surface area contributed by atoms with E-state index in [1.54, 1.807) is 12.1 Å². The van der Waals surface area contributed by atoms with Gasteiger partial charge in [0.05, 0.1) is 6.61 Å². The van der Waals surface area contributed by atoms with Gasteiger partial charge in [0.1, 0.15) is 11.6 Å². The van der Waals surface area contributed by atoms with Crippen molar-refractivity contribution in [2.45, 2.75) is 46.1 Å². The molecule has 2 amide bonds. The van der Waals surface area contributed by atoms with Gasteiger partial charge >= 0.3 is 0 Å². The van der Waals surface area contributed by atoms with Crippen LogP contribution in [-0.4, -0.2) is 43.0 Å². The van der Waals surface area contributed by atoms with Crippen molar-refractivity contribution in [2.75, 3.05) is 26.2 Å². The Balaban J connectivity index is 1.60. The summed E-state index contributed by atoms with van der Waals surface area (Å²) in [6, 6.07) is 14.2. The van der Waals surface area contributed by atoms with Crippen LogP contribution in [0.15, 0.2) is 48.5 Å². The highest BCUT2D eigenvalue weighted by Gasteiger charge is 2.31. The number of piperidine rings is 1. The fourth-order valence-corrected chi connectivity index (χ4v) is 4.48. The lowest BCUT2D eigenvalue weighted by Crippen LogP contribution is -2.42. The number of ether oxygens (including phenoxy) is 1. The molecule has 2 aromatic carbocycles. The lowest BCUT2D eigenvalue weighted by atomic mass is 9.80. The smallest absolute Gasteiger partial charge is 0.223 e. The minimum Gasteiger partial charge on any atom is -0.493 e. The second kappa shape index (κ2) is 13.2. The number of rotatable bonds is 12. The lowest BCUT2D eigenvalue weighted by Gasteiger charge is -2.35. The Morgan fingerprint density at radius 3 is 2.29 bits per heavy atom. The van der Waals surface area contributed by atoms with E-state index in [0.29, 0.717) is 38.5 Å². The molecule has 35 heavy (non-hydrogen) atoms. The van der Waals surface area contributed by atoms with Gasteiger partial charge in [-0.05, 0) is 79.6 Å². The molecule has 1 fully saturated rings. The summed E-state index contributed by atoms with van der Waals surface area (Å²) in [4.78, 5) is 26.7. The van der Waals surface area contributed by atoms with Crippen molar-refractivity contribution in [1.82, 2.24) is 10.2 Å². The minimum absolute atomic E-state index is 0.0186. The van der Waals surface area contributed by atoms with Crippen LogP contribution >= 0.6 is 0 Å². The number of nitrogens with one attached hydrogen (secondary N) is 1.